The molecule has 0 aliphatic carbocycles. The molecule has 1 aromatic carbocycles. The predicted octanol–water partition coefficient (Wildman–Crippen LogP) is 2.13. The quantitative estimate of drug-likeness (QED) is 0.933. The number of benzene rings is 1. The molecule has 0 saturated carbocycles. The first kappa shape index (κ1) is 13.5. The van der Waals surface area contributed by atoms with E-state index in [1.165, 1.54) is 6.07 Å². The van der Waals surface area contributed by atoms with Crippen molar-refractivity contribution in [1.82, 2.24) is 9.97 Å². The minimum Gasteiger partial charge on any atom is -0.493 e. The first-order valence-corrected chi connectivity index (χ1v) is 6.79. The van der Waals surface area contributed by atoms with Gasteiger partial charge in [-0.25, -0.2) is 4.98 Å². The van der Waals surface area contributed by atoms with E-state index in [0.29, 0.717) is 23.1 Å². The summed E-state index contributed by atoms with van der Waals surface area (Å²) in [4.78, 5) is 19.0. The van der Waals surface area contributed by atoms with Gasteiger partial charge in [0.25, 0.3) is 5.56 Å². The van der Waals surface area contributed by atoms with E-state index in [9.17, 15) is 4.79 Å². The van der Waals surface area contributed by atoms with Crippen molar-refractivity contribution in [1.29, 1.82) is 0 Å². The van der Waals surface area contributed by atoms with E-state index in [1.54, 1.807) is 19.2 Å². The monoisotopic (exact) mass is 288 g/mol. The van der Waals surface area contributed by atoms with Crippen molar-refractivity contribution in [3.8, 4) is 28.6 Å². The minimum absolute atomic E-state index is 0.162. The third kappa shape index (κ3) is 2.56. The number of methoxy groups -OCH3 is 1. The molecule has 0 saturated heterocycles. The molecule has 1 aliphatic heterocycles. The summed E-state index contributed by atoms with van der Waals surface area (Å²) in [5.41, 5.74) is 1.33. The zero-order valence-corrected chi connectivity index (χ0v) is 11.9. The first-order chi connectivity index (χ1) is 10.2. The molecule has 110 valence electrons. The van der Waals surface area contributed by atoms with Crippen LogP contribution in [0.2, 0.25) is 0 Å². The van der Waals surface area contributed by atoms with Gasteiger partial charge in [-0.3, -0.25) is 4.79 Å². The second-order valence-electron chi connectivity index (χ2n) is 4.75. The van der Waals surface area contributed by atoms with E-state index in [-0.39, 0.29) is 12.4 Å². The van der Waals surface area contributed by atoms with Crippen LogP contribution in [0.5, 0.6) is 17.2 Å². The van der Waals surface area contributed by atoms with Gasteiger partial charge >= 0.3 is 0 Å². The number of hydrogen-bond acceptors (Lipinski definition) is 5. The van der Waals surface area contributed by atoms with Gasteiger partial charge < -0.3 is 19.2 Å². The summed E-state index contributed by atoms with van der Waals surface area (Å²) < 4.78 is 16.0. The van der Waals surface area contributed by atoms with Gasteiger partial charge in [-0.15, -0.1) is 0 Å². The molecular weight excluding hydrogens is 272 g/mol. The number of rotatable bonds is 4. The van der Waals surface area contributed by atoms with Gasteiger partial charge in [0, 0.05) is 17.3 Å². The minimum atomic E-state index is -0.167. The third-order valence-electron chi connectivity index (χ3n) is 3.23. The maximum Gasteiger partial charge on any atom is 0.251 e. The van der Waals surface area contributed by atoms with E-state index in [0.717, 1.165) is 24.1 Å². The highest BCUT2D eigenvalue weighted by Gasteiger charge is 2.21. The van der Waals surface area contributed by atoms with Crippen LogP contribution in [0.4, 0.5) is 0 Å². The van der Waals surface area contributed by atoms with E-state index in [1.807, 2.05) is 6.92 Å². The molecule has 2 aromatic rings. The summed E-state index contributed by atoms with van der Waals surface area (Å²) >= 11 is 0. The molecule has 0 atom stereocenters. The van der Waals surface area contributed by atoms with Gasteiger partial charge in [-0.05, 0) is 18.6 Å². The van der Waals surface area contributed by atoms with Crippen molar-refractivity contribution in [2.75, 3.05) is 13.9 Å². The summed E-state index contributed by atoms with van der Waals surface area (Å²) in [5, 5.41) is 0. The zero-order valence-electron chi connectivity index (χ0n) is 11.9. The number of aromatic nitrogens is 2. The molecule has 21 heavy (non-hydrogen) atoms. The third-order valence-corrected chi connectivity index (χ3v) is 3.23. The van der Waals surface area contributed by atoms with E-state index in [2.05, 4.69) is 9.97 Å². The molecule has 1 N–H and O–H groups in total. The van der Waals surface area contributed by atoms with Crippen LogP contribution in [0.15, 0.2) is 23.0 Å². The fraction of sp³-hybridized carbons (Fsp3) is 0.333. The van der Waals surface area contributed by atoms with E-state index >= 15 is 0 Å². The predicted molar refractivity (Wildman–Crippen MR) is 77.0 cm³/mol. The summed E-state index contributed by atoms with van der Waals surface area (Å²) in [6, 6.07) is 5.09. The Morgan fingerprint density at radius 1 is 1.33 bits per heavy atom. The van der Waals surface area contributed by atoms with Crippen molar-refractivity contribution in [2.24, 2.45) is 0 Å². The molecule has 1 aliphatic rings. The van der Waals surface area contributed by atoms with Crippen LogP contribution in [0.25, 0.3) is 11.4 Å². The summed E-state index contributed by atoms with van der Waals surface area (Å²) in [6.07, 6.45) is 1.69. The van der Waals surface area contributed by atoms with Gasteiger partial charge in [0.1, 0.15) is 5.82 Å². The number of aromatic amines is 1. The number of nitrogens with zero attached hydrogens (tertiary/aromatic N) is 1. The number of fused-ring (bicyclic) bond motifs is 1. The number of hydrogen-bond donors (Lipinski definition) is 1. The number of aryl methyl sites for hydroxylation is 1. The highest BCUT2D eigenvalue weighted by atomic mass is 16.7. The molecule has 6 nitrogen and oxygen atoms in total. The second-order valence-corrected chi connectivity index (χ2v) is 4.75. The fourth-order valence-electron chi connectivity index (χ4n) is 2.30. The number of H-pyrrole nitrogens is 1. The standard InChI is InChI=1S/C15H16N2O4/c1-3-4-10-7-13(18)17-15(16-10)9-5-11(19-2)14-12(6-9)20-8-21-14/h5-7H,3-4,8H2,1-2H3,(H,16,17,18). The fourth-order valence-corrected chi connectivity index (χ4v) is 2.30. The average molecular weight is 288 g/mol. The normalized spacial score (nSPS) is 12.5. The van der Waals surface area contributed by atoms with Crippen LogP contribution in [0, 0.1) is 0 Å². The maximum atomic E-state index is 11.8. The molecular formula is C15H16N2O4. The van der Waals surface area contributed by atoms with Crippen LogP contribution >= 0.6 is 0 Å². The lowest BCUT2D eigenvalue weighted by molar-refractivity contribution is 0.171. The van der Waals surface area contributed by atoms with Crippen LogP contribution in [-0.4, -0.2) is 23.9 Å². The lowest BCUT2D eigenvalue weighted by atomic mass is 10.1. The highest BCUT2D eigenvalue weighted by molar-refractivity contribution is 5.67. The lowest BCUT2D eigenvalue weighted by Crippen LogP contribution is -2.10. The Kier molecular flexibility index (Phi) is 3.51. The lowest BCUT2D eigenvalue weighted by Gasteiger charge is -2.08. The van der Waals surface area contributed by atoms with Crippen LogP contribution in [0.3, 0.4) is 0 Å². The van der Waals surface area contributed by atoms with Crippen molar-refractivity contribution >= 4 is 0 Å². The Hall–Kier alpha value is -2.50. The largest absolute Gasteiger partial charge is 0.493 e. The maximum absolute atomic E-state index is 11.8. The van der Waals surface area contributed by atoms with Crippen molar-refractivity contribution < 1.29 is 14.2 Å². The molecule has 3 rings (SSSR count). The van der Waals surface area contributed by atoms with Crippen molar-refractivity contribution in [2.45, 2.75) is 19.8 Å². The average Bonchev–Trinajstić information content (AvgIpc) is 2.94. The van der Waals surface area contributed by atoms with E-state index in [4.69, 9.17) is 14.2 Å². The Bertz CT molecular complexity index is 724. The molecule has 0 radical (unpaired) electrons. The molecule has 0 spiro atoms. The Labute approximate surface area is 121 Å². The number of ether oxygens (including phenoxy) is 3. The zero-order chi connectivity index (χ0) is 14.8. The molecule has 6 heteroatoms. The number of nitrogens with one attached hydrogen (secondary N) is 1. The van der Waals surface area contributed by atoms with Gasteiger partial charge in [0.15, 0.2) is 11.5 Å². The Balaban J connectivity index is 2.10. The van der Waals surface area contributed by atoms with Gasteiger partial charge in [-0.2, -0.15) is 0 Å². The van der Waals surface area contributed by atoms with Gasteiger partial charge in [0.2, 0.25) is 12.5 Å². The molecule has 0 amide bonds. The molecule has 0 fully saturated rings. The highest BCUT2D eigenvalue weighted by Crippen LogP contribution is 2.43. The van der Waals surface area contributed by atoms with Crippen molar-refractivity contribution in [3.63, 3.8) is 0 Å². The molecule has 0 bridgehead atoms. The Morgan fingerprint density at radius 3 is 2.95 bits per heavy atom. The summed E-state index contributed by atoms with van der Waals surface area (Å²) in [6.45, 7) is 2.21. The summed E-state index contributed by atoms with van der Waals surface area (Å²) in [7, 11) is 1.56. The molecule has 1 aromatic heterocycles. The smallest absolute Gasteiger partial charge is 0.251 e. The van der Waals surface area contributed by atoms with Crippen LogP contribution < -0.4 is 19.8 Å². The van der Waals surface area contributed by atoms with Gasteiger partial charge in [0.05, 0.1) is 7.11 Å². The van der Waals surface area contributed by atoms with E-state index < -0.39 is 0 Å². The topological polar surface area (TPSA) is 73.4 Å². The first-order valence-electron chi connectivity index (χ1n) is 6.79. The molecule has 0 unspecified atom stereocenters. The van der Waals surface area contributed by atoms with Crippen LogP contribution in [-0.2, 0) is 6.42 Å². The second kappa shape index (κ2) is 5.47. The Morgan fingerprint density at radius 2 is 2.19 bits per heavy atom. The summed E-state index contributed by atoms with van der Waals surface area (Å²) in [5.74, 6) is 2.23. The SMILES string of the molecule is CCCc1cc(=O)[nH]c(-c2cc(OC)c3c(c2)OCO3)n1. The van der Waals surface area contributed by atoms with Crippen molar-refractivity contribution in [3.05, 3.63) is 34.2 Å². The van der Waals surface area contributed by atoms with Gasteiger partial charge in [-0.1, -0.05) is 13.3 Å². The molecule has 2 heterocycles. The van der Waals surface area contributed by atoms with Crippen LogP contribution in [0.1, 0.15) is 19.0 Å².